The maximum atomic E-state index is 13.7. The standard InChI is InChI=1S/C17H14F2N2/c18-15-5-2-6-16(19)14(15)9-17(20)13-4-1-3-11-10-21-8-7-12(11)13/h1-8,10,17H,9,20H2. The molecule has 2 aromatic carbocycles. The molecule has 0 aliphatic heterocycles. The number of pyridine rings is 1. The van der Waals surface area contributed by atoms with Crippen molar-refractivity contribution in [3.05, 3.63) is 77.6 Å². The Hall–Kier alpha value is -2.33. The van der Waals surface area contributed by atoms with Gasteiger partial charge in [-0.25, -0.2) is 8.78 Å². The molecule has 3 rings (SSSR count). The first kappa shape index (κ1) is 13.6. The van der Waals surface area contributed by atoms with Gasteiger partial charge in [0.05, 0.1) is 0 Å². The average molecular weight is 284 g/mol. The first-order chi connectivity index (χ1) is 10.2. The first-order valence-electron chi connectivity index (χ1n) is 6.68. The second kappa shape index (κ2) is 5.58. The van der Waals surface area contributed by atoms with Crippen molar-refractivity contribution in [2.75, 3.05) is 0 Å². The molecular formula is C17H14F2N2. The molecule has 1 heterocycles. The number of aromatic nitrogens is 1. The topological polar surface area (TPSA) is 38.9 Å². The lowest BCUT2D eigenvalue weighted by Crippen LogP contribution is -2.15. The first-order valence-corrected chi connectivity index (χ1v) is 6.68. The van der Waals surface area contributed by atoms with Crippen LogP contribution in [0, 0.1) is 11.6 Å². The van der Waals surface area contributed by atoms with Gasteiger partial charge in [-0.05, 0) is 35.6 Å². The van der Waals surface area contributed by atoms with Gasteiger partial charge in [-0.15, -0.1) is 0 Å². The van der Waals surface area contributed by atoms with Crippen LogP contribution in [0.3, 0.4) is 0 Å². The Bertz CT molecular complexity index is 761. The molecule has 1 atom stereocenters. The zero-order valence-corrected chi connectivity index (χ0v) is 11.3. The van der Waals surface area contributed by atoms with Crippen LogP contribution in [0.1, 0.15) is 17.2 Å². The number of hydrogen-bond acceptors (Lipinski definition) is 2. The van der Waals surface area contributed by atoms with Crippen molar-refractivity contribution in [3.63, 3.8) is 0 Å². The number of nitrogens with two attached hydrogens (primary N) is 1. The van der Waals surface area contributed by atoms with E-state index in [1.54, 1.807) is 12.4 Å². The molecule has 0 aliphatic rings. The van der Waals surface area contributed by atoms with E-state index in [9.17, 15) is 8.78 Å². The van der Waals surface area contributed by atoms with Gasteiger partial charge in [0.1, 0.15) is 11.6 Å². The molecule has 3 aromatic rings. The van der Waals surface area contributed by atoms with Gasteiger partial charge in [0, 0.05) is 29.4 Å². The Kier molecular flexibility index (Phi) is 3.62. The van der Waals surface area contributed by atoms with Gasteiger partial charge >= 0.3 is 0 Å². The number of nitrogens with zero attached hydrogens (tertiary/aromatic N) is 1. The quantitative estimate of drug-likeness (QED) is 0.795. The fraction of sp³-hybridized carbons (Fsp3) is 0.118. The van der Waals surface area contributed by atoms with E-state index in [2.05, 4.69) is 4.98 Å². The van der Waals surface area contributed by atoms with E-state index in [1.807, 2.05) is 24.3 Å². The van der Waals surface area contributed by atoms with Gasteiger partial charge in [-0.3, -0.25) is 4.98 Å². The van der Waals surface area contributed by atoms with E-state index in [0.717, 1.165) is 16.3 Å². The zero-order chi connectivity index (χ0) is 14.8. The second-order valence-corrected chi connectivity index (χ2v) is 4.95. The lowest BCUT2D eigenvalue weighted by molar-refractivity contribution is 0.540. The Balaban J connectivity index is 2.00. The van der Waals surface area contributed by atoms with Crippen molar-refractivity contribution in [2.45, 2.75) is 12.5 Å². The van der Waals surface area contributed by atoms with E-state index in [4.69, 9.17) is 5.73 Å². The van der Waals surface area contributed by atoms with Crippen molar-refractivity contribution in [1.82, 2.24) is 4.98 Å². The van der Waals surface area contributed by atoms with Crippen molar-refractivity contribution < 1.29 is 8.78 Å². The molecule has 0 spiro atoms. The third-order valence-electron chi connectivity index (χ3n) is 3.60. The zero-order valence-electron chi connectivity index (χ0n) is 11.3. The van der Waals surface area contributed by atoms with Crippen LogP contribution in [0.15, 0.2) is 54.9 Å². The molecule has 0 bridgehead atoms. The van der Waals surface area contributed by atoms with Crippen LogP contribution in [0.25, 0.3) is 10.8 Å². The van der Waals surface area contributed by atoms with E-state index in [0.29, 0.717) is 0 Å². The summed E-state index contributed by atoms with van der Waals surface area (Å²) in [6.07, 6.45) is 3.54. The summed E-state index contributed by atoms with van der Waals surface area (Å²) in [5.41, 5.74) is 7.06. The maximum Gasteiger partial charge on any atom is 0.129 e. The minimum atomic E-state index is -0.563. The van der Waals surface area contributed by atoms with Gasteiger partial charge in [-0.1, -0.05) is 24.3 Å². The van der Waals surface area contributed by atoms with Crippen molar-refractivity contribution >= 4 is 10.8 Å². The largest absolute Gasteiger partial charge is 0.324 e. The average Bonchev–Trinajstić information content (AvgIpc) is 2.50. The fourth-order valence-electron chi connectivity index (χ4n) is 2.53. The van der Waals surface area contributed by atoms with Crippen LogP contribution in [-0.4, -0.2) is 4.98 Å². The smallest absolute Gasteiger partial charge is 0.129 e. The van der Waals surface area contributed by atoms with Crippen molar-refractivity contribution in [1.29, 1.82) is 0 Å². The third-order valence-corrected chi connectivity index (χ3v) is 3.60. The van der Waals surface area contributed by atoms with E-state index in [1.165, 1.54) is 18.2 Å². The molecule has 4 heteroatoms. The normalized spacial score (nSPS) is 12.5. The number of fused-ring (bicyclic) bond motifs is 1. The highest BCUT2D eigenvalue weighted by Crippen LogP contribution is 2.26. The van der Waals surface area contributed by atoms with Gasteiger partial charge in [-0.2, -0.15) is 0 Å². The molecule has 2 N–H and O–H groups in total. The molecule has 0 saturated heterocycles. The predicted molar refractivity (Wildman–Crippen MR) is 78.7 cm³/mol. The Morgan fingerprint density at radius 1 is 1.00 bits per heavy atom. The molecule has 0 saturated carbocycles. The van der Waals surface area contributed by atoms with E-state index < -0.39 is 17.7 Å². The molecule has 21 heavy (non-hydrogen) atoms. The number of benzene rings is 2. The molecular weight excluding hydrogens is 270 g/mol. The number of halogens is 2. The Morgan fingerprint density at radius 2 is 1.71 bits per heavy atom. The minimum Gasteiger partial charge on any atom is -0.324 e. The Morgan fingerprint density at radius 3 is 2.48 bits per heavy atom. The van der Waals surface area contributed by atoms with Crippen LogP contribution >= 0.6 is 0 Å². The predicted octanol–water partition coefficient (Wildman–Crippen LogP) is 3.76. The molecule has 1 aromatic heterocycles. The molecule has 0 fully saturated rings. The molecule has 0 amide bonds. The van der Waals surface area contributed by atoms with Crippen LogP contribution in [0.5, 0.6) is 0 Å². The lowest BCUT2D eigenvalue weighted by Gasteiger charge is -2.15. The van der Waals surface area contributed by atoms with Gasteiger partial charge in [0.15, 0.2) is 0 Å². The summed E-state index contributed by atoms with van der Waals surface area (Å²) in [5.74, 6) is -1.13. The molecule has 1 unspecified atom stereocenters. The highest BCUT2D eigenvalue weighted by Gasteiger charge is 2.16. The van der Waals surface area contributed by atoms with E-state index >= 15 is 0 Å². The number of hydrogen-bond donors (Lipinski definition) is 1. The van der Waals surface area contributed by atoms with Gasteiger partial charge in [0.2, 0.25) is 0 Å². The molecule has 0 radical (unpaired) electrons. The summed E-state index contributed by atoms with van der Waals surface area (Å²) in [5, 5.41) is 1.91. The lowest BCUT2D eigenvalue weighted by atomic mass is 9.95. The number of rotatable bonds is 3. The maximum absolute atomic E-state index is 13.7. The summed E-state index contributed by atoms with van der Waals surface area (Å²) in [4.78, 5) is 4.06. The fourth-order valence-corrected chi connectivity index (χ4v) is 2.53. The van der Waals surface area contributed by atoms with Crippen molar-refractivity contribution in [3.8, 4) is 0 Å². The molecule has 106 valence electrons. The third kappa shape index (κ3) is 2.62. The second-order valence-electron chi connectivity index (χ2n) is 4.95. The minimum absolute atomic E-state index is 0.0241. The van der Waals surface area contributed by atoms with Crippen LogP contribution < -0.4 is 5.73 Å². The van der Waals surface area contributed by atoms with Crippen LogP contribution in [0.2, 0.25) is 0 Å². The molecule has 0 aliphatic carbocycles. The summed E-state index contributed by atoms with van der Waals surface area (Å²) < 4.78 is 27.5. The van der Waals surface area contributed by atoms with Gasteiger partial charge < -0.3 is 5.73 Å². The monoisotopic (exact) mass is 284 g/mol. The Labute approximate surface area is 121 Å². The summed E-state index contributed by atoms with van der Waals surface area (Å²) in [6.45, 7) is 0. The van der Waals surface area contributed by atoms with Crippen LogP contribution in [-0.2, 0) is 6.42 Å². The highest BCUT2D eigenvalue weighted by molar-refractivity contribution is 5.85. The SMILES string of the molecule is NC(Cc1c(F)cccc1F)c1cccc2cnccc12. The van der Waals surface area contributed by atoms with Crippen LogP contribution in [0.4, 0.5) is 8.78 Å². The van der Waals surface area contributed by atoms with Crippen molar-refractivity contribution in [2.24, 2.45) is 5.73 Å². The summed E-state index contributed by atoms with van der Waals surface area (Å²) in [7, 11) is 0. The summed E-state index contributed by atoms with van der Waals surface area (Å²) in [6, 6.07) is 10.9. The highest BCUT2D eigenvalue weighted by atomic mass is 19.1. The van der Waals surface area contributed by atoms with E-state index in [-0.39, 0.29) is 12.0 Å². The summed E-state index contributed by atoms with van der Waals surface area (Å²) >= 11 is 0. The molecule has 2 nitrogen and oxygen atoms in total. The van der Waals surface area contributed by atoms with Gasteiger partial charge in [0.25, 0.3) is 0 Å².